The molecule has 2 aromatic rings. The highest BCUT2D eigenvalue weighted by Gasteiger charge is 2.09. The molecule has 0 spiro atoms. The number of hydrogen-bond donors (Lipinski definition) is 2. The lowest BCUT2D eigenvalue weighted by atomic mass is 10.1. The Morgan fingerprint density at radius 1 is 1.24 bits per heavy atom. The maximum absolute atomic E-state index is 5.81. The van der Waals surface area contributed by atoms with Gasteiger partial charge in [0.15, 0.2) is 0 Å². The first kappa shape index (κ1) is 12.1. The van der Waals surface area contributed by atoms with Crippen LogP contribution >= 0.6 is 11.3 Å². The second-order valence-electron chi connectivity index (χ2n) is 4.00. The summed E-state index contributed by atoms with van der Waals surface area (Å²) in [6.45, 7) is 2.77. The molecule has 0 bridgehead atoms. The molecule has 3 N–H and O–H groups in total. The maximum Gasteiger partial charge on any atom is 0.0728 e. The molecule has 2 nitrogen and oxygen atoms in total. The van der Waals surface area contributed by atoms with Crippen molar-refractivity contribution in [1.82, 2.24) is 0 Å². The van der Waals surface area contributed by atoms with Gasteiger partial charge in [0.2, 0.25) is 0 Å². The number of aryl methyl sites for hydroxylation is 1. The molecule has 3 heteroatoms. The zero-order chi connectivity index (χ0) is 12.1. The number of thiophene rings is 1. The number of anilines is 1. The first-order chi connectivity index (χ1) is 8.33. The van der Waals surface area contributed by atoms with Crippen LogP contribution in [0.5, 0.6) is 0 Å². The number of nitrogens with two attached hydrogens (primary N) is 1. The summed E-state index contributed by atoms with van der Waals surface area (Å²) in [6.07, 6.45) is 1.07. The molecule has 0 aliphatic carbocycles. The van der Waals surface area contributed by atoms with Crippen molar-refractivity contribution >= 4 is 17.0 Å². The third-order valence-corrected chi connectivity index (χ3v) is 3.81. The normalized spacial score (nSPS) is 12.4. The minimum atomic E-state index is 0.211. The van der Waals surface area contributed by atoms with Crippen LogP contribution in [0.1, 0.15) is 23.4 Å². The Kier molecular flexibility index (Phi) is 4.18. The van der Waals surface area contributed by atoms with Gasteiger partial charge in [-0.3, -0.25) is 0 Å². The van der Waals surface area contributed by atoms with Crippen molar-refractivity contribution in [2.75, 3.05) is 11.9 Å². The van der Waals surface area contributed by atoms with Crippen LogP contribution in [0.3, 0.4) is 0 Å². The van der Waals surface area contributed by atoms with Gasteiger partial charge in [-0.1, -0.05) is 25.1 Å². The predicted molar refractivity (Wildman–Crippen MR) is 75.6 cm³/mol. The molecule has 0 saturated carbocycles. The SMILES string of the molecule is CCc1ccc(NC(CN)c2cccs2)cc1. The van der Waals surface area contributed by atoms with Crippen LogP contribution in [0.15, 0.2) is 41.8 Å². The average Bonchev–Trinajstić information content (AvgIpc) is 2.90. The molecule has 0 fully saturated rings. The Bertz CT molecular complexity index is 434. The fourth-order valence-corrected chi connectivity index (χ4v) is 2.56. The largest absolute Gasteiger partial charge is 0.376 e. The summed E-state index contributed by atoms with van der Waals surface area (Å²) in [5.41, 5.74) is 8.30. The van der Waals surface area contributed by atoms with Crippen LogP contribution in [0, 0.1) is 0 Å². The Balaban J connectivity index is 2.07. The van der Waals surface area contributed by atoms with Crippen molar-refractivity contribution < 1.29 is 0 Å². The molecule has 0 radical (unpaired) electrons. The third-order valence-electron chi connectivity index (χ3n) is 2.83. The summed E-state index contributed by atoms with van der Waals surface area (Å²) in [5.74, 6) is 0. The highest BCUT2D eigenvalue weighted by molar-refractivity contribution is 7.10. The molecule has 1 unspecified atom stereocenters. The predicted octanol–water partition coefficient (Wildman–Crippen LogP) is 3.42. The van der Waals surface area contributed by atoms with Gasteiger partial charge in [0.1, 0.15) is 0 Å². The van der Waals surface area contributed by atoms with Crippen molar-refractivity contribution in [2.45, 2.75) is 19.4 Å². The Hall–Kier alpha value is -1.32. The first-order valence-electron chi connectivity index (χ1n) is 5.92. The van der Waals surface area contributed by atoms with Crippen LogP contribution in [-0.4, -0.2) is 6.54 Å². The van der Waals surface area contributed by atoms with Crippen molar-refractivity contribution in [3.05, 3.63) is 52.2 Å². The van der Waals surface area contributed by atoms with Gasteiger partial charge in [-0.15, -0.1) is 11.3 Å². The van der Waals surface area contributed by atoms with Crippen molar-refractivity contribution in [1.29, 1.82) is 0 Å². The highest BCUT2D eigenvalue weighted by Crippen LogP contribution is 2.23. The zero-order valence-corrected chi connectivity index (χ0v) is 10.8. The zero-order valence-electron chi connectivity index (χ0n) is 10.0. The van der Waals surface area contributed by atoms with Crippen LogP contribution in [0.4, 0.5) is 5.69 Å². The minimum absolute atomic E-state index is 0.211. The van der Waals surface area contributed by atoms with E-state index in [2.05, 4.69) is 54.0 Å². The number of rotatable bonds is 5. The molecule has 0 saturated heterocycles. The molecule has 0 amide bonds. The molecule has 0 aliphatic rings. The van der Waals surface area contributed by atoms with E-state index in [1.165, 1.54) is 10.4 Å². The van der Waals surface area contributed by atoms with Gasteiger partial charge in [-0.25, -0.2) is 0 Å². The van der Waals surface area contributed by atoms with E-state index in [1.54, 1.807) is 11.3 Å². The quantitative estimate of drug-likeness (QED) is 0.848. The Morgan fingerprint density at radius 3 is 2.53 bits per heavy atom. The highest BCUT2D eigenvalue weighted by atomic mass is 32.1. The van der Waals surface area contributed by atoms with Crippen molar-refractivity contribution in [3.8, 4) is 0 Å². The van der Waals surface area contributed by atoms with Gasteiger partial charge >= 0.3 is 0 Å². The average molecular weight is 246 g/mol. The third kappa shape index (κ3) is 3.08. The van der Waals surface area contributed by atoms with Gasteiger partial charge in [0.25, 0.3) is 0 Å². The molecule has 2 rings (SSSR count). The molecule has 1 aromatic heterocycles. The minimum Gasteiger partial charge on any atom is -0.376 e. The maximum atomic E-state index is 5.81. The first-order valence-corrected chi connectivity index (χ1v) is 6.80. The Labute approximate surface area is 106 Å². The van der Waals surface area contributed by atoms with Gasteiger partial charge < -0.3 is 11.1 Å². The van der Waals surface area contributed by atoms with Crippen molar-refractivity contribution in [2.24, 2.45) is 5.73 Å². The molecule has 1 heterocycles. The van der Waals surface area contributed by atoms with E-state index in [9.17, 15) is 0 Å². The molecule has 90 valence electrons. The van der Waals surface area contributed by atoms with E-state index in [0.29, 0.717) is 6.54 Å². The fourth-order valence-electron chi connectivity index (χ4n) is 1.77. The van der Waals surface area contributed by atoms with E-state index in [4.69, 9.17) is 5.73 Å². The monoisotopic (exact) mass is 246 g/mol. The number of nitrogens with one attached hydrogen (secondary N) is 1. The van der Waals surface area contributed by atoms with Gasteiger partial charge in [-0.05, 0) is 35.6 Å². The van der Waals surface area contributed by atoms with E-state index < -0.39 is 0 Å². The summed E-state index contributed by atoms with van der Waals surface area (Å²) < 4.78 is 0. The van der Waals surface area contributed by atoms with E-state index >= 15 is 0 Å². The van der Waals surface area contributed by atoms with E-state index in [1.807, 2.05) is 0 Å². The molecule has 1 atom stereocenters. The lowest BCUT2D eigenvalue weighted by Gasteiger charge is -2.16. The summed E-state index contributed by atoms with van der Waals surface area (Å²) in [5, 5.41) is 5.55. The summed E-state index contributed by atoms with van der Waals surface area (Å²) in [6, 6.07) is 12.9. The summed E-state index contributed by atoms with van der Waals surface area (Å²) >= 11 is 1.74. The topological polar surface area (TPSA) is 38.0 Å². The molecule has 17 heavy (non-hydrogen) atoms. The number of benzene rings is 1. The lowest BCUT2D eigenvalue weighted by Crippen LogP contribution is -2.19. The molecule has 0 aliphatic heterocycles. The second-order valence-corrected chi connectivity index (χ2v) is 4.98. The van der Waals surface area contributed by atoms with Crippen LogP contribution < -0.4 is 11.1 Å². The summed E-state index contributed by atoms with van der Waals surface area (Å²) in [4.78, 5) is 1.28. The fraction of sp³-hybridized carbons (Fsp3) is 0.286. The standard InChI is InChI=1S/C14H18N2S/c1-2-11-5-7-12(8-6-11)16-13(10-15)14-4-3-9-17-14/h3-9,13,16H,2,10,15H2,1H3. The van der Waals surface area contributed by atoms with Crippen LogP contribution in [0.2, 0.25) is 0 Å². The van der Waals surface area contributed by atoms with Gasteiger partial charge in [0, 0.05) is 17.1 Å². The van der Waals surface area contributed by atoms with Crippen molar-refractivity contribution in [3.63, 3.8) is 0 Å². The van der Waals surface area contributed by atoms with E-state index in [-0.39, 0.29) is 6.04 Å². The van der Waals surface area contributed by atoms with Crippen LogP contribution in [-0.2, 0) is 6.42 Å². The second kappa shape index (κ2) is 5.84. The lowest BCUT2D eigenvalue weighted by molar-refractivity contribution is 0.806. The van der Waals surface area contributed by atoms with Gasteiger partial charge in [0.05, 0.1) is 6.04 Å². The van der Waals surface area contributed by atoms with Crippen LogP contribution in [0.25, 0.3) is 0 Å². The smallest absolute Gasteiger partial charge is 0.0728 e. The van der Waals surface area contributed by atoms with Gasteiger partial charge in [-0.2, -0.15) is 0 Å². The van der Waals surface area contributed by atoms with E-state index in [0.717, 1.165) is 12.1 Å². The molecule has 1 aromatic carbocycles. The summed E-state index contributed by atoms with van der Waals surface area (Å²) in [7, 11) is 0. The number of hydrogen-bond acceptors (Lipinski definition) is 3. The molecular weight excluding hydrogens is 228 g/mol. The molecular formula is C14H18N2S. The Morgan fingerprint density at radius 2 is 2.00 bits per heavy atom.